The fourth-order valence-corrected chi connectivity index (χ4v) is 3.81. The van der Waals surface area contributed by atoms with E-state index in [0.29, 0.717) is 22.9 Å². The molecule has 2 aromatic rings. The monoisotopic (exact) mass is 495 g/mol. The fourth-order valence-electron chi connectivity index (χ4n) is 2.48. The van der Waals surface area contributed by atoms with E-state index < -0.39 is 23.7 Å². The number of carbonyl (C=O) groups excluding carboxylic acids is 3. The molecule has 1 heterocycles. The van der Waals surface area contributed by atoms with Crippen LogP contribution in [0.15, 0.2) is 51.8 Å². The molecule has 29 heavy (non-hydrogen) atoms. The molecule has 0 bridgehead atoms. The molecule has 1 saturated heterocycles. The van der Waals surface area contributed by atoms with Crippen molar-refractivity contribution in [2.75, 3.05) is 13.7 Å². The summed E-state index contributed by atoms with van der Waals surface area (Å²) in [6.07, 6.45) is 1.57. The van der Waals surface area contributed by atoms with Crippen LogP contribution >= 0.6 is 39.3 Å². The molecule has 1 aliphatic rings. The summed E-state index contributed by atoms with van der Waals surface area (Å²) in [4.78, 5) is 37.1. The zero-order valence-corrected chi connectivity index (χ0v) is 18.3. The molecule has 0 atom stereocenters. The number of hydrogen-bond donors (Lipinski definition) is 0. The lowest BCUT2D eigenvalue weighted by atomic mass is 10.1. The van der Waals surface area contributed by atoms with Gasteiger partial charge in [0.05, 0.1) is 12.0 Å². The molecular weight excluding hydrogens is 482 g/mol. The van der Waals surface area contributed by atoms with Crippen LogP contribution in [0.25, 0.3) is 6.08 Å². The standard InChI is InChI=1S/C20H15BrClNO5S/c1-27-18(24)10-23-19(25)17(29-20(23)26)9-13-8-14(21)4-7-16(13)28-11-12-2-5-15(22)6-3-12/h2-9H,10-11H2,1H3/b17-9-. The van der Waals surface area contributed by atoms with Crippen molar-refractivity contribution in [2.45, 2.75) is 6.61 Å². The number of thioether (sulfide) groups is 1. The highest BCUT2D eigenvalue weighted by atomic mass is 79.9. The molecule has 0 aliphatic carbocycles. The molecule has 3 rings (SSSR count). The first-order chi connectivity index (χ1) is 13.9. The van der Waals surface area contributed by atoms with Gasteiger partial charge in [-0.25, -0.2) is 0 Å². The van der Waals surface area contributed by atoms with Crippen molar-refractivity contribution in [1.29, 1.82) is 0 Å². The van der Waals surface area contributed by atoms with Crippen molar-refractivity contribution < 1.29 is 23.9 Å². The first-order valence-electron chi connectivity index (χ1n) is 8.36. The lowest BCUT2D eigenvalue weighted by Crippen LogP contribution is -2.34. The Kier molecular flexibility index (Phi) is 7.00. The summed E-state index contributed by atoms with van der Waals surface area (Å²) in [5.74, 6) is -0.667. The Morgan fingerprint density at radius 1 is 1.21 bits per heavy atom. The topological polar surface area (TPSA) is 72.9 Å². The van der Waals surface area contributed by atoms with Gasteiger partial charge in [0.25, 0.3) is 11.1 Å². The van der Waals surface area contributed by atoms with Gasteiger partial charge in [-0.05, 0) is 53.7 Å². The second-order valence-corrected chi connectivity index (χ2v) is 8.29. The van der Waals surface area contributed by atoms with Gasteiger partial charge in [0.15, 0.2) is 0 Å². The zero-order valence-electron chi connectivity index (χ0n) is 15.2. The van der Waals surface area contributed by atoms with Gasteiger partial charge in [-0.1, -0.05) is 39.7 Å². The Hall–Kier alpha value is -2.29. The highest BCUT2D eigenvalue weighted by Gasteiger charge is 2.36. The quantitative estimate of drug-likeness (QED) is 0.419. The molecule has 0 aromatic heterocycles. The maximum Gasteiger partial charge on any atom is 0.325 e. The van der Waals surface area contributed by atoms with Crippen LogP contribution in [0, 0.1) is 0 Å². The van der Waals surface area contributed by atoms with Gasteiger partial charge in [0.1, 0.15) is 18.9 Å². The van der Waals surface area contributed by atoms with E-state index in [9.17, 15) is 14.4 Å². The number of benzene rings is 2. The number of halogens is 2. The van der Waals surface area contributed by atoms with Crippen LogP contribution in [0.3, 0.4) is 0 Å². The zero-order chi connectivity index (χ0) is 21.0. The number of imide groups is 1. The van der Waals surface area contributed by atoms with Gasteiger partial charge >= 0.3 is 5.97 Å². The van der Waals surface area contributed by atoms with Crippen LogP contribution in [-0.2, 0) is 20.9 Å². The largest absolute Gasteiger partial charge is 0.488 e. The first-order valence-corrected chi connectivity index (χ1v) is 10.3. The molecule has 0 N–H and O–H groups in total. The number of rotatable bonds is 6. The Bertz CT molecular complexity index is 993. The normalized spacial score (nSPS) is 15.1. The van der Waals surface area contributed by atoms with Gasteiger partial charge in [-0.15, -0.1) is 0 Å². The van der Waals surface area contributed by atoms with Crippen LogP contribution in [-0.4, -0.2) is 35.7 Å². The number of methoxy groups -OCH3 is 1. The molecule has 9 heteroatoms. The molecule has 1 fully saturated rings. The van der Waals surface area contributed by atoms with E-state index in [1.807, 2.05) is 18.2 Å². The van der Waals surface area contributed by atoms with Crippen molar-refractivity contribution in [3.8, 4) is 5.75 Å². The van der Waals surface area contributed by atoms with Gasteiger partial charge in [-0.3, -0.25) is 19.3 Å². The number of amides is 2. The summed E-state index contributed by atoms with van der Waals surface area (Å²) in [7, 11) is 1.20. The van der Waals surface area contributed by atoms with E-state index in [2.05, 4.69) is 20.7 Å². The minimum Gasteiger partial charge on any atom is -0.488 e. The SMILES string of the molecule is COC(=O)CN1C(=O)S/C(=C\c2cc(Br)ccc2OCc2ccc(Cl)cc2)C1=O. The van der Waals surface area contributed by atoms with Crippen molar-refractivity contribution in [3.63, 3.8) is 0 Å². The van der Waals surface area contributed by atoms with Gasteiger partial charge < -0.3 is 9.47 Å². The maximum atomic E-state index is 12.5. The van der Waals surface area contributed by atoms with Crippen molar-refractivity contribution in [2.24, 2.45) is 0 Å². The predicted octanol–water partition coefficient (Wildman–Crippen LogP) is 4.89. The van der Waals surface area contributed by atoms with Gasteiger partial charge in [0, 0.05) is 15.1 Å². The Labute approximate surface area is 184 Å². The fraction of sp³-hybridized carbons (Fsp3) is 0.150. The third-order valence-electron chi connectivity index (χ3n) is 3.95. The van der Waals surface area contributed by atoms with E-state index in [1.165, 1.54) is 7.11 Å². The third kappa shape index (κ3) is 5.41. The van der Waals surface area contributed by atoms with E-state index in [-0.39, 0.29) is 4.91 Å². The summed E-state index contributed by atoms with van der Waals surface area (Å²) >= 11 is 10.1. The summed E-state index contributed by atoms with van der Waals surface area (Å²) < 4.78 is 11.2. The van der Waals surface area contributed by atoms with Gasteiger partial charge in [0.2, 0.25) is 0 Å². The average molecular weight is 497 g/mol. The van der Waals surface area contributed by atoms with Crippen LogP contribution < -0.4 is 4.74 Å². The number of nitrogens with zero attached hydrogens (tertiary/aromatic N) is 1. The first kappa shape index (κ1) is 21.4. The Balaban J connectivity index is 1.82. The molecule has 2 aromatic carbocycles. The van der Waals surface area contributed by atoms with E-state index >= 15 is 0 Å². The average Bonchev–Trinajstić information content (AvgIpc) is 2.96. The lowest BCUT2D eigenvalue weighted by Gasteiger charge is -2.11. The van der Waals surface area contributed by atoms with E-state index in [4.69, 9.17) is 16.3 Å². The Morgan fingerprint density at radius 3 is 2.62 bits per heavy atom. The van der Waals surface area contributed by atoms with Gasteiger partial charge in [-0.2, -0.15) is 0 Å². The molecule has 0 spiro atoms. The van der Waals surface area contributed by atoms with E-state index in [0.717, 1.165) is 26.7 Å². The molecule has 1 aliphatic heterocycles. The van der Waals surface area contributed by atoms with Crippen molar-refractivity contribution >= 4 is 62.5 Å². The molecular formula is C20H15BrClNO5S. The predicted molar refractivity (Wildman–Crippen MR) is 115 cm³/mol. The molecule has 0 radical (unpaired) electrons. The minimum atomic E-state index is -0.664. The highest BCUT2D eigenvalue weighted by Crippen LogP contribution is 2.35. The summed E-state index contributed by atoms with van der Waals surface area (Å²) in [5.41, 5.74) is 1.55. The van der Waals surface area contributed by atoms with Crippen LogP contribution in [0.5, 0.6) is 5.75 Å². The summed E-state index contributed by atoms with van der Waals surface area (Å²) in [6, 6.07) is 12.6. The molecule has 150 valence electrons. The van der Waals surface area contributed by atoms with Crippen LogP contribution in [0.4, 0.5) is 4.79 Å². The third-order valence-corrected chi connectivity index (χ3v) is 5.61. The lowest BCUT2D eigenvalue weighted by molar-refractivity contribution is -0.143. The summed E-state index contributed by atoms with van der Waals surface area (Å²) in [5, 5.41) is 0.117. The second kappa shape index (κ2) is 9.47. The highest BCUT2D eigenvalue weighted by molar-refractivity contribution is 9.10. The minimum absolute atomic E-state index is 0.202. The van der Waals surface area contributed by atoms with Crippen molar-refractivity contribution in [3.05, 3.63) is 68.0 Å². The van der Waals surface area contributed by atoms with Crippen molar-refractivity contribution in [1.82, 2.24) is 4.90 Å². The Morgan fingerprint density at radius 2 is 1.93 bits per heavy atom. The maximum absolute atomic E-state index is 12.5. The molecule has 6 nitrogen and oxygen atoms in total. The van der Waals surface area contributed by atoms with Crippen LogP contribution in [0.1, 0.15) is 11.1 Å². The second-order valence-electron chi connectivity index (χ2n) is 5.94. The molecule has 0 saturated carbocycles. The smallest absolute Gasteiger partial charge is 0.325 e. The molecule has 2 amide bonds. The van der Waals surface area contributed by atoms with Crippen LogP contribution in [0.2, 0.25) is 5.02 Å². The van der Waals surface area contributed by atoms with E-state index in [1.54, 1.807) is 30.3 Å². The number of ether oxygens (including phenoxy) is 2. The molecule has 0 unspecified atom stereocenters. The summed E-state index contributed by atoms with van der Waals surface area (Å²) in [6.45, 7) is -0.111. The number of esters is 1. The number of carbonyl (C=O) groups is 3. The number of hydrogen-bond acceptors (Lipinski definition) is 6.